The van der Waals surface area contributed by atoms with Crippen molar-refractivity contribution in [2.24, 2.45) is 5.92 Å². The first kappa shape index (κ1) is 16.8. The minimum atomic E-state index is -0.947. The number of rotatable bonds is 6. The van der Waals surface area contributed by atoms with Gasteiger partial charge in [0.05, 0.1) is 6.61 Å². The van der Waals surface area contributed by atoms with Crippen molar-refractivity contribution >= 4 is 12.0 Å². The van der Waals surface area contributed by atoms with Crippen LogP contribution >= 0.6 is 0 Å². The van der Waals surface area contributed by atoms with E-state index in [-0.39, 0.29) is 31.1 Å². The van der Waals surface area contributed by atoms with Gasteiger partial charge in [0.15, 0.2) is 0 Å². The molecular weight excluding hydrogens is 260 g/mol. The molecule has 0 aromatic rings. The van der Waals surface area contributed by atoms with Gasteiger partial charge in [-0.25, -0.2) is 9.59 Å². The third-order valence-corrected chi connectivity index (χ3v) is 4.17. The Balaban J connectivity index is 2.91. The molecule has 2 unspecified atom stereocenters. The zero-order valence-electron chi connectivity index (χ0n) is 12.6. The van der Waals surface area contributed by atoms with Crippen molar-refractivity contribution in [3.05, 3.63) is 0 Å². The Morgan fingerprint density at radius 3 is 2.40 bits per heavy atom. The van der Waals surface area contributed by atoms with Crippen LogP contribution in [0.2, 0.25) is 0 Å². The number of nitrogens with zero attached hydrogens (tertiary/aromatic N) is 2. The van der Waals surface area contributed by atoms with E-state index >= 15 is 0 Å². The van der Waals surface area contributed by atoms with E-state index in [1.165, 1.54) is 4.90 Å². The summed E-state index contributed by atoms with van der Waals surface area (Å²) in [6.45, 7) is 6.46. The summed E-state index contributed by atoms with van der Waals surface area (Å²) in [6, 6.07) is -0.970. The lowest BCUT2D eigenvalue weighted by Crippen LogP contribution is -2.53. The van der Waals surface area contributed by atoms with Crippen molar-refractivity contribution in [3.63, 3.8) is 0 Å². The van der Waals surface area contributed by atoms with E-state index < -0.39 is 12.0 Å². The number of aliphatic hydroxyl groups excluding tert-OH is 1. The van der Waals surface area contributed by atoms with Crippen molar-refractivity contribution in [3.8, 4) is 0 Å². The van der Waals surface area contributed by atoms with Crippen molar-refractivity contribution < 1.29 is 19.8 Å². The molecule has 0 bridgehead atoms. The minimum Gasteiger partial charge on any atom is -0.480 e. The average Bonchev–Trinajstić information content (AvgIpc) is 2.80. The normalized spacial score (nSPS) is 22.4. The van der Waals surface area contributed by atoms with Gasteiger partial charge >= 0.3 is 12.0 Å². The molecule has 0 aliphatic carbocycles. The van der Waals surface area contributed by atoms with E-state index in [9.17, 15) is 14.7 Å². The Kier molecular flexibility index (Phi) is 6.26. The van der Waals surface area contributed by atoms with Gasteiger partial charge in [-0.05, 0) is 25.2 Å². The number of urea groups is 1. The van der Waals surface area contributed by atoms with Gasteiger partial charge < -0.3 is 20.0 Å². The van der Waals surface area contributed by atoms with Gasteiger partial charge in [-0.15, -0.1) is 0 Å². The molecule has 6 heteroatoms. The first-order valence-corrected chi connectivity index (χ1v) is 7.38. The molecule has 2 amide bonds. The molecule has 0 radical (unpaired) electrons. The molecule has 2 atom stereocenters. The predicted octanol–water partition coefficient (Wildman–Crippen LogP) is 1.38. The van der Waals surface area contributed by atoms with E-state index in [4.69, 9.17) is 5.11 Å². The first-order chi connectivity index (χ1) is 9.47. The smallest absolute Gasteiger partial charge is 0.326 e. The molecule has 0 spiro atoms. The van der Waals surface area contributed by atoms with E-state index in [1.54, 1.807) is 4.90 Å². The minimum absolute atomic E-state index is 0.0332. The highest BCUT2D eigenvalue weighted by atomic mass is 16.4. The van der Waals surface area contributed by atoms with Crippen molar-refractivity contribution in [2.75, 3.05) is 19.7 Å². The van der Waals surface area contributed by atoms with Crippen molar-refractivity contribution in [1.29, 1.82) is 0 Å². The lowest BCUT2D eigenvalue weighted by Gasteiger charge is -2.35. The molecule has 1 heterocycles. The molecule has 20 heavy (non-hydrogen) atoms. The Hall–Kier alpha value is -1.30. The Bertz CT molecular complexity index is 344. The van der Waals surface area contributed by atoms with Gasteiger partial charge in [0, 0.05) is 19.1 Å². The number of carboxylic acids is 1. The van der Waals surface area contributed by atoms with Crippen LogP contribution in [0.1, 0.15) is 40.0 Å². The van der Waals surface area contributed by atoms with E-state index in [2.05, 4.69) is 0 Å². The van der Waals surface area contributed by atoms with Gasteiger partial charge in [-0.3, -0.25) is 0 Å². The van der Waals surface area contributed by atoms with E-state index in [0.29, 0.717) is 13.0 Å². The van der Waals surface area contributed by atoms with Gasteiger partial charge in [-0.2, -0.15) is 0 Å². The van der Waals surface area contributed by atoms with Crippen LogP contribution in [-0.2, 0) is 4.79 Å². The molecule has 1 rings (SSSR count). The molecule has 1 fully saturated rings. The number of aliphatic hydroxyl groups is 1. The summed E-state index contributed by atoms with van der Waals surface area (Å²) in [4.78, 5) is 27.1. The Morgan fingerprint density at radius 2 is 1.95 bits per heavy atom. The largest absolute Gasteiger partial charge is 0.480 e. The van der Waals surface area contributed by atoms with Crippen LogP contribution in [0.5, 0.6) is 0 Å². The fourth-order valence-electron chi connectivity index (χ4n) is 2.97. The zero-order valence-corrected chi connectivity index (χ0v) is 12.6. The number of carboxylic acid groups (broad SMARTS) is 1. The number of carbonyl (C=O) groups excluding carboxylic acids is 1. The number of hydrogen-bond donors (Lipinski definition) is 2. The van der Waals surface area contributed by atoms with Crippen LogP contribution in [0.4, 0.5) is 4.79 Å². The highest BCUT2D eigenvalue weighted by Crippen LogP contribution is 2.26. The quantitative estimate of drug-likeness (QED) is 0.773. The van der Waals surface area contributed by atoms with Crippen LogP contribution < -0.4 is 0 Å². The van der Waals surface area contributed by atoms with Gasteiger partial charge in [-0.1, -0.05) is 20.8 Å². The van der Waals surface area contributed by atoms with Gasteiger partial charge in [0.1, 0.15) is 6.04 Å². The third-order valence-electron chi connectivity index (χ3n) is 4.17. The molecule has 6 nitrogen and oxygen atoms in total. The molecule has 1 saturated heterocycles. The second-order valence-corrected chi connectivity index (χ2v) is 5.41. The topological polar surface area (TPSA) is 81.1 Å². The lowest BCUT2D eigenvalue weighted by atomic mass is 10.0. The van der Waals surface area contributed by atoms with Crippen LogP contribution in [0.25, 0.3) is 0 Å². The number of aliphatic carboxylic acids is 1. The Labute approximate surface area is 120 Å². The maximum Gasteiger partial charge on any atom is 0.326 e. The summed E-state index contributed by atoms with van der Waals surface area (Å²) in [7, 11) is 0. The van der Waals surface area contributed by atoms with Crippen molar-refractivity contribution in [2.45, 2.75) is 52.1 Å². The maximum atomic E-state index is 12.6. The predicted molar refractivity (Wildman–Crippen MR) is 75.5 cm³/mol. The molecule has 2 N–H and O–H groups in total. The van der Waals surface area contributed by atoms with E-state index in [0.717, 1.165) is 12.8 Å². The number of amides is 2. The zero-order chi connectivity index (χ0) is 15.3. The first-order valence-electron chi connectivity index (χ1n) is 7.38. The number of hydrogen-bond acceptors (Lipinski definition) is 3. The molecule has 0 aromatic heterocycles. The standard InChI is InChI=1S/C14H26N2O4/c1-4-11(5-2)15(8-9-17)14(20)16-7-6-10(3)12(16)13(18)19/h10-12,17H,4-9H2,1-3H3,(H,18,19). The lowest BCUT2D eigenvalue weighted by molar-refractivity contribution is -0.142. The van der Waals surface area contributed by atoms with E-state index in [1.807, 2.05) is 20.8 Å². The van der Waals surface area contributed by atoms with Crippen molar-refractivity contribution in [1.82, 2.24) is 9.80 Å². The van der Waals surface area contributed by atoms with Crippen LogP contribution in [0.3, 0.4) is 0 Å². The highest BCUT2D eigenvalue weighted by Gasteiger charge is 2.41. The molecule has 0 saturated carbocycles. The van der Waals surface area contributed by atoms with Crippen LogP contribution in [0.15, 0.2) is 0 Å². The summed E-state index contributed by atoms with van der Waals surface area (Å²) >= 11 is 0. The summed E-state index contributed by atoms with van der Waals surface area (Å²) in [5, 5.41) is 18.5. The Morgan fingerprint density at radius 1 is 1.35 bits per heavy atom. The highest BCUT2D eigenvalue weighted by molar-refractivity contribution is 5.83. The summed E-state index contributed by atoms with van der Waals surface area (Å²) in [5.41, 5.74) is 0. The fourth-order valence-corrected chi connectivity index (χ4v) is 2.97. The number of likely N-dealkylation sites (tertiary alicyclic amines) is 1. The maximum absolute atomic E-state index is 12.6. The molecule has 116 valence electrons. The fraction of sp³-hybridized carbons (Fsp3) is 0.857. The molecule has 1 aliphatic rings. The van der Waals surface area contributed by atoms with Crippen LogP contribution in [0, 0.1) is 5.92 Å². The second kappa shape index (κ2) is 7.47. The van der Waals surface area contributed by atoms with Crippen LogP contribution in [-0.4, -0.2) is 63.8 Å². The summed E-state index contributed by atoms with van der Waals surface area (Å²) in [6.07, 6.45) is 2.30. The number of carbonyl (C=O) groups is 2. The summed E-state index contributed by atoms with van der Waals surface area (Å²) in [5.74, 6) is -0.981. The SMILES string of the molecule is CCC(CC)N(CCO)C(=O)N1CCC(C)C1C(=O)O. The van der Waals surface area contributed by atoms with Gasteiger partial charge in [0.25, 0.3) is 0 Å². The molecule has 1 aliphatic heterocycles. The third kappa shape index (κ3) is 3.42. The monoisotopic (exact) mass is 286 g/mol. The summed E-state index contributed by atoms with van der Waals surface area (Å²) < 4.78 is 0. The second-order valence-electron chi connectivity index (χ2n) is 5.41. The molecule has 0 aromatic carbocycles. The van der Waals surface area contributed by atoms with Gasteiger partial charge in [0.2, 0.25) is 0 Å². The average molecular weight is 286 g/mol. The molecular formula is C14H26N2O4.